The van der Waals surface area contributed by atoms with E-state index >= 15 is 0 Å². The fourth-order valence-electron chi connectivity index (χ4n) is 5.89. The standard InChI is InChI=1S/C30H34N4O6/c1-40-30(39)21-15-19-14-20(16-21)29(38)34-25-12-5-3-10-23(25)32-27(36)18-8-6-7-17(13-18)26(35)31-22-9-2-4-11-24(22)33-28(19)37/h6-8,13-16,22-25H,2-5,9-12H2,1H3,(H,31,35)(H,32,36)(H,33,37)(H,34,38). The van der Waals surface area contributed by atoms with Crippen molar-refractivity contribution in [3.05, 3.63) is 70.3 Å². The molecule has 1 aliphatic heterocycles. The van der Waals surface area contributed by atoms with Crippen molar-refractivity contribution in [2.24, 2.45) is 0 Å². The smallest absolute Gasteiger partial charge is 0.337 e. The summed E-state index contributed by atoms with van der Waals surface area (Å²) >= 11 is 0. The number of hydrogen-bond donors (Lipinski definition) is 4. The van der Waals surface area contributed by atoms with Crippen LogP contribution < -0.4 is 21.3 Å². The summed E-state index contributed by atoms with van der Waals surface area (Å²) in [7, 11) is 1.24. The van der Waals surface area contributed by atoms with Gasteiger partial charge in [0.2, 0.25) is 0 Å². The number of carbonyl (C=O) groups is 5. The maximum atomic E-state index is 13.4. The van der Waals surface area contributed by atoms with Gasteiger partial charge in [-0.25, -0.2) is 4.79 Å². The number of esters is 1. The van der Waals surface area contributed by atoms with Crippen LogP contribution in [0, 0.1) is 0 Å². The normalized spacial score (nSPS) is 25.4. The molecule has 2 fully saturated rings. The Labute approximate surface area is 232 Å². The predicted octanol–water partition coefficient (Wildman–Crippen LogP) is 2.73. The fourth-order valence-corrected chi connectivity index (χ4v) is 5.89. The second kappa shape index (κ2) is 11.9. The van der Waals surface area contributed by atoms with Crippen LogP contribution in [-0.2, 0) is 4.74 Å². The van der Waals surface area contributed by atoms with Crippen LogP contribution in [0.15, 0.2) is 42.5 Å². The SMILES string of the molecule is COC(=O)c1cc2cc(c1)C(=O)NC1CCCCC1NC(=O)c1cccc(c1)C(=O)NC1CCCCC1NC2=O. The number of methoxy groups -OCH3 is 1. The molecular weight excluding hydrogens is 512 g/mol. The van der Waals surface area contributed by atoms with E-state index in [9.17, 15) is 24.0 Å². The van der Waals surface area contributed by atoms with Gasteiger partial charge in [-0.05, 0) is 62.1 Å². The Morgan fingerprint density at radius 1 is 0.600 bits per heavy atom. The summed E-state index contributed by atoms with van der Waals surface area (Å²) in [5, 5.41) is 12.1. The minimum atomic E-state index is -0.669. The molecule has 4 unspecified atom stereocenters. The van der Waals surface area contributed by atoms with Gasteiger partial charge in [0, 0.05) is 46.4 Å². The summed E-state index contributed by atoms with van der Waals surface area (Å²) in [6.45, 7) is 0. The fraction of sp³-hybridized carbons (Fsp3) is 0.433. The molecule has 4 amide bonds. The van der Waals surface area contributed by atoms with Gasteiger partial charge in [-0.3, -0.25) is 19.2 Å². The van der Waals surface area contributed by atoms with Crippen molar-refractivity contribution in [2.45, 2.75) is 75.5 Å². The first-order valence-electron chi connectivity index (χ1n) is 13.9. The molecule has 1 heterocycles. The lowest BCUT2D eigenvalue weighted by molar-refractivity contribution is 0.0600. The number of carbonyl (C=O) groups excluding carboxylic acids is 5. The van der Waals surface area contributed by atoms with Crippen molar-refractivity contribution in [2.75, 3.05) is 7.11 Å². The number of nitrogens with one attached hydrogen (secondary N) is 4. The number of fused-ring (bicyclic) bond motifs is 6. The molecule has 210 valence electrons. The maximum Gasteiger partial charge on any atom is 0.337 e. The first-order chi connectivity index (χ1) is 19.3. The summed E-state index contributed by atoms with van der Waals surface area (Å²) in [4.78, 5) is 65.7. The van der Waals surface area contributed by atoms with E-state index in [0.717, 1.165) is 25.7 Å². The number of hydrogen-bond acceptors (Lipinski definition) is 6. The molecule has 2 saturated carbocycles. The average Bonchev–Trinajstić information content (AvgIpc) is 2.98. The van der Waals surface area contributed by atoms with Gasteiger partial charge >= 0.3 is 5.97 Å². The van der Waals surface area contributed by atoms with E-state index in [4.69, 9.17) is 4.74 Å². The summed E-state index contributed by atoms with van der Waals surface area (Å²) in [6.07, 6.45) is 6.22. The lowest BCUT2D eigenvalue weighted by Crippen LogP contribution is -2.54. The topological polar surface area (TPSA) is 143 Å². The molecule has 2 aliphatic carbocycles. The molecule has 3 aliphatic rings. The van der Waals surface area contributed by atoms with Crippen molar-refractivity contribution < 1.29 is 28.7 Å². The highest BCUT2D eigenvalue weighted by Crippen LogP contribution is 2.23. The zero-order valence-electron chi connectivity index (χ0n) is 22.5. The van der Waals surface area contributed by atoms with Crippen LogP contribution in [0.4, 0.5) is 0 Å². The average molecular weight is 547 g/mol. The molecule has 2 aromatic rings. The number of ether oxygens (including phenoxy) is 1. The Hall–Kier alpha value is -4.21. The van der Waals surface area contributed by atoms with Gasteiger partial charge in [-0.2, -0.15) is 0 Å². The lowest BCUT2D eigenvalue weighted by atomic mass is 9.89. The van der Waals surface area contributed by atoms with Crippen LogP contribution in [0.2, 0.25) is 0 Å². The van der Waals surface area contributed by atoms with Gasteiger partial charge in [0.25, 0.3) is 23.6 Å². The van der Waals surface area contributed by atoms with E-state index in [0.29, 0.717) is 36.8 Å². The summed E-state index contributed by atoms with van der Waals surface area (Å²) in [5.74, 6) is -2.20. The van der Waals surface area contributed by atoms with E-state index in [-0.39, 0.29) is 52.7 Å². The van der Waals surface area contributed by atoms with Gasteiger partial charge in [0.05, 0.1) is 12.7 Å². The van der Waals surface area contributed by atoms with Crippen LogP contribution >= 0.6 is 0 Å². The van der Waals surface area contributed by atoms with Crippen LogP contribution in [0.3, 0.4) is 0 Å². The van der Waals surface area contributed by atoms with Gasteiger partial charge in [0.15, 0.2) is 0 Å². The molecule has 4 bridgehead atoms. The van der Waals surface area contributed by atoms with Crippen molar-refractivity contribution >= 4 is 29.6 Å². The van der Waals surface area contributed by atoms with E-state index < -0.39 is 17.8 Å². The second-order valence-corrected chi connectivity index (χ2v) is 10.8. The van der Waals surface area contributed by atoms with E-state index in [1.807, 2.05) is 0 Å². The van der Waals surface area contributed by atoms with Crippen LogP contribution in [0.1, 0.15) is 103 Å². The summed E-state index contributed by atoms with van der Waals surface area (Å²) in [5.41, 5.74) is 1.08. The Morgan fingerprint density at radius 3 is 1.32 bits per heavy atom. The molecule has 0 saturated heterocycles. The highest BCUT2D eigenvalue weighted by atomic mass is 16.5. The minimum Gasteiger partial charge on any atom is -0.465 e. The highest BCUT2D eigenvalue weighted by molar-refractivity contribution is 6.04. The summed E-state index contributed by atoms with van der Waals surface area (Å²) in [6, 6.07) is 9.48. The quantitative estimate of drug-likeness (QED) is 0.405. The van der Waals surface area contributed by atoms with Gasteiger partial charge < -0.3 is 26.0 Å². The zero-order valence-corrected chi connectivity index (χ0v) is 22.5. The molecule has 4 atom stereocenters. The Balaban J connectivity index is 1.54. The predicted molar refractivity (Wildman–Crippen MR) is 146 cm³/mol. The van der Waals surface area contributed by atoms with Crippen LogP contribution in [-0.4, -0.2) is 60.9 Å². The largest absolute Gasteiger partial charge is 0.465 e. The van der Waals surface area contributed by atoms with Crippen LogP contribution in [0.25, 0.3) is 0 Å². The molecule has 40 heavy (non-hydrogen) atoms. The third-order valence-electron chi connectivity index (χ3n) is 8.06. The van der Waals surface area contributed by atoms with Crippen molar-refractivity contribution in [1.29, 1.82) is 0 Å². The van der Waals surface area contributed by atoms with E-state index in [1.54, 1.807) is 24.3 Å². The molecule has 5 rings (SSSR count). The maximum absolute atomic E-state index is 13.4. The molecule has 0 spiro atoms. The monoisotopic (exact) mass is 546 g/mol. The number of amides is 4. The minimum absolute atomic E-state index is 0.0789. The van der Waals surface area contributed by atoms with Crippen molar-refractivity contribution in [3.63, 3.8) is 0 Å². The van der Waals surface area contributed by atoms with E-state index in [2.05, 4.69) is 21.3 Å². The third-order valence-corrected chi connectivity index (χ3v) is 8.06. The van der Waals surface area contributed by atoms with Crippen molar-refractivity contribution in [3.8, 4) is 0 Å². The van der Waals surface area contributed by atoms with E-state index in [1.165, 1.54) is 25.3 Å². The number of rotatable bonds is 1. The molecule has 2 aromatic carbocycles. The first-order valence-corrected chi connectivity index (χ1v) is 13.9. The Bertz CT molecular complexity index is 1260. The third kappa shape index (κ3) is 6.00. The van der Waals surface area contributed by atoms with Crippen molar-refractivity contribution in [1.82, 2.24) is 21.3 Å². The molecule has 4 N–H and O–H groups in total. The summed E-state index contributed by atoms with van der Waals surface area (Å²) < 4.78 is 4.87. The second-order valence-electron chi connectivity index (χ2n) is 10.8. The zero-order chi connectivity index (χ0) is 28.2. The molecule has 0 aromatic heterocycles. The van der Waals surface area contributed by atoms with Crippen LogP contribution in [0.5, 0.6) is 0 Å². The molecule has 10 nitrogen and oxygen atoms in total. The van der Waals surface area contributed by atoms with Gasteiger partial charge in [-0.1, -0.05) is 31.7 Å². The van der Waals surface area contributed by atoms with Gasteiger partial charge in [0.1, 0.15) is 0 Å². The highest BCUT2D eigenvalue weighted by Gasteiger charge is 2.31. The molecular formula is C30H34N4O6. The number of benzene rings is 2. The molecule has 10 heteroatoms. The lowest BCUT2D eigenvalue weighted by Gasteiger charge is -2.33. The van der Waals surface area contributed by atoms with Gasteiger partial charge in [-0.15, -0.1) is 0 Å². The molecule has 0 radical (unpaired) electrons. The first kappa shape index (κ1) is 27.4. The Kier molecular flexibility index (Phi) is 8.14. The Morgan fingerprint density at radius 2 is 0.950 bits per heavy atom.